The highest BCUT2D eigenvalue weighted by Crippen LogP contribution is 2.30. The average molecular weight is 279 g/mol. The molecule has 0 saturated carbocycles. The van der Waals surface area contributed by atoms with Crippen LogP contribution >= 0.6 is 0 Å². The lowest BCUT2D eigenvalue weighted by Gasteiger charge is -2.16. The fraction of sp³-hybridized carbons (Fsp3) is 0.625. The summed E-state index contributed by atoms with van der Waals surface area (Å²) in [5, 5.41) is 9.57. The Balaban J connectivity index is 1.82. The molecular weight excluding hydrogens is 254 g/mol. The van der Waals surface area contributed by atoms with Gasteiger partial charge in [-0.15, -0.1) is 0 Å². The van der Waals surface area contributed by atoms with E-state index < -0.39 is 6.10 Å². The molecule has 0 aromatic heterocycles. The summed E-state index contributed by atoms with van der Waals surface area (Å²) in [6.45, 7) is 6.00. The molecule has 0 amide bonds. The molecule has 4 heteroatoms. The molecule has 1 N–H and O–H groups in total. The number of hydrogen-bond acceptors (Lipinski definition) is 4. The van der Waals surface area contributed by atoms with Crippen molar-refractivity contribution in [2.24, 2.45) is 0 Å². The van der Waals surface area contributed by atoms with Gasteiger partial charge in [0.05, 0.1) is 19.8 Å². The summed E-state index contributed by atoms with van der Waals surface area (Å²) in [6.07, 6.45) is 3.19. The van der Waals surface area contributed by atoms with E-state index in [0.717, 1.165) is 24.3 Å². The van der Waals surface area contributed by atoms with Gasteiger partial charge < -0.3 is 19.5 Å². The predicted octanol–water partition coefficient (Wildman–Crippen LogP) is 2.61. The minimum Gasteiger partial charge on any atom is -0.493 e. The summed E-state index contributed by atoms with van der Waals surface area (Å²) in [4.78, 5) is 2.48. The van der Waals surface area contributed by atoms with E-state index in [1.165, 1.54) is 25.9 Å². The smallest absolute Gasteiger partial charge is 0.161 e. The fourth-order valence-electron chi connectivity index (χ4n) is 2.54. The van der Waals surface area contributed by atoms with Crippen LogP contribution in [0.25, 0.3) is 0 Å². The first-order chi connectivity index (χ1) is 9.70. The number of likely N-dealkylation sites (tertiary alicyclic amines) is 1. The van der Waals surface area contributed by atoms with Crippen LogP contribution in [0.1, 0.15) is 37.9 Å². The van der Waals surface area contributed by atoms with Gasteiger partial charge in [-0.25, -0.2) is 0 Å². The number of rotatable bonds is 7. The van der Waals surface area contributed by atoms with Crippen LogP contribution in [0.5, 0.6) is 11.5 Å². The lowest BCUT2D eigenvalue weighted by molar-refractivity contribution is 0.198. The van der Waals surface area contributed by atoms with Crippen molar-refractivity contribution in [2.45, 2.75) is 32.3 Å². The molecule has 0 spiro atoms. The Bertz CT molecular complexity index is 414. The molecule has 20 heavy (non-hydrogen) atoms. The van der Waals surface area contributed by atoms with E-state index in [-0.39, 0.29) is 0 Å². The van der Waals surface area contributed by atoms with Crippen molar-refractivity contribution in [1.82, 2.24) is 4.90 Å². The van der Waals surface area contributed by atoms with Crippen molar-refractivity contribution in [3.05, 3.63) is 23.8 Å². The maximum atomic E-state index is 9.57. The van der Waals surface area contributed by atoms with Crippen molar-refractivity contribution in [3.63, 3.8) is 0 Å². The van der Waals surface area contributed by atoms with E-state index in [2.05, 4.69) is 4.90 Å². The Morgan fingerprint density at radius 1 is 1.25 bits per heavy atom. The number of nitrogens with zero attached hydrogens (tertiary/aromatic N) is 1. The molecule has 0 bridgehead atoms. The highest BCUT2D eigenvalue weighted by atomic mass is 16.5. The Kier molecular flexibility index (Phi) is 5.68. The molecule has 0 aliphatic carbocycles. The zero-order valence-electron chi connectivity index (χ0n) is 12.5. The summed E-state index contributed by atoms with van der Waals surface area (Å²) < 4.78 is 11.1. The summed E-state index contributed by atoms with van der Waals surface area (Å²) in [6, 6.07) is 5.58. The van der Waals surface area contributed by atoms with Gasteiger partial charge in [0, 0.05) is 6.54 Å². The van der Waals surface area contributed by atoms with Crippen molar-refractivity contribution in [3.8, 4) is 11.5 Å². The number of aliphatic hydroxyl groups is 1. The number of aliphatic hydroxyl groups excluding tert-OH is 1. The standard InChI is InChI=1S/C16H25NO3/c1-13(18)14-6-7-15(16(12-14)19-2)20-11-5-10-17-8-3-4-9-17/h6-7,12-13,18H,3-5,8-11H2,1-2H3/t13-/m1/s1. The molecule has 1 aliphatic rings. The van der Waals surface area contributed by atoms with Crippen LogP contribution in [0.2, 0.25) is 0 Å². The summed E-state index contributed by atoms with van der Waals surface area (Å²) >= 11 is 0. The lowest BCUT2D eigenvalue weighted by atomic mass is 10.1. The zero-order chi connectivity index (χ0) is 14.4. The molecule has 1 heterocycles. The van der Waals surface area contributed by atoms with Gasteiger partial charge >= 0.3 is 0 Å². The van der Waals surface area contributed by atoms with Gasteiger partial charge in [-0.2, -0.15) is 0 Å². The Hall–Kier alpha value is -1.26. The first kappa shape index (κ1) is 15.1. The number of benzene rings is 1. The molecule has 1 aromatic carbocycles. The highest BCUT2D eigenvalue weighted by Gasteiger charge is 2.11. The maximum Gasteiger partial charge on any atom is 0.161 e. The minimum atomic E-state index is -0.492. The van der Waals surface area contributed by atoms with E-state index in [1.54, 1.807) is 14.0 Å². The normalized spacial score (nSPS) is 17.1. The van der Waals surface area contributed by atoms with Gasteiger partial charge in [0.25, 0.3) is 0 Å². The van der Waals surface area contributed by atoms with E-state index in [0.29, 0.717) is 12.4 Å². The fourth-order valence-corrected chi connectivity index (χ4v) is 2.54. The molecule has 0 unspecified atom stereocenters. The van der Waals surface area contributed by atoms with Crippen LogP contribution < -0.4 is 9.47 Å². The topological polar surface area (TPSA) is 41.9 Å². The van der Waals surface area contributed by atoms with Crippen molar-refractivity contribution < 1.29 is 14.6 Å². The van der Waals surface area contributed by atoms with Gasteiger partial charge in [-0.05, 0) is 57.0 Å². The summed E-state index contributed by atoms with van der Waals surface area (Å²) in [7, 11) is 1.62. The number of ether oxygens (including phenoxy) is 2. The Morgan fingerprint density at radius 2 is 2.00 bits per heavy atom. The van der Waals surface area contributed by atoms with Gasteiger partial charge in [0.1, 0.15) is 0 Å². The molecule has 0 radical (unpaired) electrons. The van der Waals surface area contributed by atoms with Crippen molar-refractivity contribution >= 4 is 0 Å². The maximum absolute atomic E-state index is 9.57. The Labute approximate surface area is 121 Å². The third-order valence-electron chi connectivity index (χ3n) is 3.75. The SMILES string of the molecule is COc1cc([C@@H](C)O)ccc1OCCCN1CCCC1. The predicted molar refractivity (Wildman–Crippen MR) is 79.4 cm³/mol. The molecule has 4 nitrogen and oxygen atoms in total. The van der Waals surface area contributed by atoms with Gasteiger partial charge in [-0.1, -0.05) is 6.07 Å². The van der Waals surface area contributed by atoms with E-state index in [1.807, 2.05) is 18.2 Å². The van der Waals surface area contributed by atoms with E-state index in [4.69, 9.17) is 9.47 Å². The van der Waals surface area contributed by atoms with E-state index >= 15 is 0 Å². The highest BCUT2D eigenvalue weighted by molar-refractivity contribution is 5.43. The van der Waals surface area contributed by atoms with Crippen LogP contribution in [0, 0.1) is 0 Å². The molecule has 1 aliphatic heterocycles. The second-order valence-corrected chi connectivity index (χ2v) is 5.34. The van der Waals surface area contributed by atoms with Gasteiger partial charge in [0.15, 0.2) is 11.5 Å². The monoisotopic (exact) mass is 279 g/mol. The third kappa shape index (κ3) is 4.12. The summed E-state index contributed by atoms with van der Waals surface area (Å²) in [5.41, 5.74) is 0.839. The quantitative estimate of drug-likeness (QED) is 0.779. The van der Waals surface area contributed by atoms with Crippen LogP contribution in [-0.4, -0.2) is 43.4 Å². The van der Waals surface area contributed by atoms with Crippen LogP contribution in [0.4, 0.5) is 0 Å². The molecule has 2 rings (SSSR count). The number of methoxy groups -OCH3 is 1. The lowest BCUT2D eigenvalue weighted by Crippen LogP contribution is -2.21. The largest absolute Gasteiger partial charge is 0.493 e. The third-order valence-corrected chi connectivity index (χ3v) is 3.75. The van der Waals surface area contributed by atoms with Crippen LogP contribution in [0.3, 0.4) is 0 Å². The minimum absolute atomic E-state index is 0.492. The Morgan fingerprint density at radius 3 is 2.65 bits per heavy atom. The molecule has 1 fully saturated rings. The number of hydrogen-bond donors (Lipinski definition) is 1. The zero-order valence-corrected chi connectivity index (χ0v) is 12.5. The first-order valence-corrected chi connectivity index (χ1v) is 7.42. The van der Waals surface area contributed by atoms with Gasteiger partial charge in [0.2, 0.25) is 0 Å². The second kappa shape index (κ2) is 7.50. The second-order valence-electron chi connectivity index (χ2n) is 5.34. The van der Waals surface area contributed by atoms with E-state index in [9.17, 15) is 5.11 Å². The van der Waals surface area contributed by atoms with Crippen molar-refractivity contribution in [1.29, 1.82) is 0 Å². The summed E-state index contributed by atoms with van der Waals surface area (Å²) in [5.74, 6) is 1.43. The molecule has 112 valence electrons. The molecular formula is C16H25NO3. The van der Waals surface area contributed by atoms with Crippen LogP contribution in [0.15, 0.2) is 18.2 Å². The molecule has 1 atom stereocenters. The average Bonchev–Trinajstić information content (AvgIpc) is 2.96. The molecule has 1 aromatic rings. The molecule has 1 saturated heterocycles. The van der Waals surface area contributed by atoms with Crippen molar-refractivity contribution in [2.75, 3.05) is 33.4 Å². The van der Waals surface area contributed by atoms with Gasteiger partial charge in [-0.3, -0.25) is 0 Å². The van der Waals surface area contributed by atoms with Crippen LogP contribution in [-0.2, 0) is 0 Å². The first-order valence-electron chi connectivity index (χ1n) is 7.42.